The van der Waals surface area contributed by atoms with Crippen molar-refractivity contribution in [2.45, 2.75) is 19.3 Å². The average Bonchev–Trinajstić information content (AvgIpc) is 3.10. The van der Waals surface area contributed by atoms with Crippen molar-refractivity contribution >= 4 is 73.2 Å². The molecule has 1 fully saturated rings. The third-order valence-electron chi connectivity index (χ3n) is 8.93. The number of amides is 2. The number of anilines is 1. The molecule has 0 radical (unpaired) electrons. The number of carbonyl (C=O) groups excluding carboxylic acids is 2. The summed E-state index contributed by atoms with van der Waals surface area (Å²) < 4.78 is 5.41. The molecule has 1 saturated carbocycles. The monoisotopic (exact) mass is 699 g/mol. The van der Waals surface area contributed by atoms with Crippen LogP contribution in [0.15, 0.2) is 131 Å². The van der Waals surface area contributed by atoms with Crippen LogP contribution in [-0.2, 0) is 0 Å². The molecular weight excluding hydrogens is 669 g/mol. The topological polar surface area (TPSA) is 101 Å². The fourth-order valence-corrected chi connectivity index (χ4v) is 6.61. The first-order chi connectivity index (χ1) is 24.4. The summed E-state index contributed by atoms with van der Waals surface area (Å²) in [7, 11) is 0. The number of hydrogen-bond acceptors (Lipinski definition) is 5. The molecule has 248 valence electrons. The molecule has 7 nitrogen and oxygen atoms in total. The molecule has 1 aliphatic rings. The summed E-state index contributed by atoms with van der Waals surface area (Å²) in [5.74, 6) is 0.314. The predicted octanol–water partition coefficient (Wildman–Crippen LogP) is 9.94. The van der Waals surface area contributed by atoms with Crippen molar-refractivity contribution in [1.29, 1.82) is 0 Å². The third kappa shape index (κ3) is 6.83. The maximum absolute atomic E-state index is 12.9. The van der Waals surface area contributed by atoms with Gasteiger partial charge in [0.25, 0.3) is 11.8 Å². The summed E-state index contributed by atoms with van der Waals surface area (Å²) in [6, 6.07) is 37.3. The number of fused-ring (bicyclic) bond motifs is 3. The Morgan fingerprint density at radius 1 is 0.720 bits per heavy atom. The lowest BCUT2D eigenvalue weighted by molar-refractivity contribution is 0.0940. The van der Waals surface area contributed by atoms with Crippen LogP contribution in [0.4, 0.5) is 5.69 Å². The van der Waals surface area contributed by atoms with Gasteiger partial charge in [0.1, 0.15) is 5.39 Å². The van der Waals surface area contributed by atoms with Gasteiger partial charge in [-0.05, 0) is 76.7 Å². The Balaban J connectivity index is 0.000000161. The minimum Gasteiger partial charge on any atom is -0.403 e. The molecule has 0 spiro atoms. The molecule has 50 heavy (non-hydrogen) atoms. The summed E-state index contributed by atoms with van der Waals surface area (Å²) in [6.45, 7) is 0.640. The minimum atomic E-state index is -0.474. The molecule has 0 atom stereocenters. The van der Waals surface area contributed by atoms with Gasteiger partial charge in [0, 0.05) is 17.7 Å². The van der Waals surface area contributed by atoms with Crippen LogP contribution in [-0.4, -0.2) is 23.3 Å². The molecule has 0 aliphatic heterocycles. The van der Waals surface area contributed by atoms with E-state index in [1.54, 1.807) is 42.5 Å². The Bertz CT molecular complexity index is 2450. The van der Waals surface area contributed by atoms with Crippen molar-refractivity contribution in [3.63, 3.8) is 0 Å². The SMILES string of the molecule is O=C(NCC1CCC1)c1c(Cl)cccc1NC(=O)c1cccc2ccccc12.O=c1oc(-c2cccc3ccccc23)nc2cccc(Cl)c12. The maximum Gasteiger partial charge on any atom is 0.348 e. The highest BCUT2D eigenvalue weighted by molar-refractivity contribution is 6.35. The molecule has 6 aromatic carbocycles. The molecule has 0 unspecified atom stereocenters. The fourth-order valence-electron chi connectivity index (χ4n) is 6.10. The number of rotatable bonds is 6. The van der Waals surface area contributed by atoms with Gasteiger partial charge in [-0.15, -0.1) is 0 Å². The van der Waals surface area contributed by atoms with Crippen LogP contribution in [0.5, 0.6) is 0 Å². The van der Waals surface area contributed by atoms with E-state index in [-0.39, 0.29) is 11.8 Å². The van der Waals surface area contributed by atoms with Crippen molar-refractivity contribution < 1.29 is 14.0 Å². The van der Waals surface area contributed by atoms with Crippen LogP contribution in [0.2, 0.25) is 10.0 Å². The van der Waals surface area contributed by atoms with Gasteiger partial charge in [-0.1, -0.05) is 115 Å². The van der Waals surface area contributed by atoms with Gasteiger partial charge in [-0.2, -0.15) is 0 Å². The van der Waals surface area contributed by atoms with Crippen LogP contribution in [0.1, 0.15) is 40.0 Å². The van der Waals surface area contributed by atoms with Gasteiger partial charge in [0.15, 0.2) is 0 Å². The zero-order valence-electron chi connectivity index (χ0n) is 26.8. The van der Waals surface area contributed by atoms with Crippen molar-refractivity contribution in [2.75, 3.05) is 11.9 Å². The molecule has 2 N–H and O–H groups in total. The van der Waals surface area contributed by atoms with Gasteiger partial charge >= 0.3 is 5.63 Å². The van der Waals surface area contributed by atoms with E-state index >= 15 is 0 Å². The molecule has 8 rings (SSSR count). The molecule has 9 heteroatoms. The third-order valence-corrected chi connectivity index (χ3v) is 9.56. The Hall–Kier alpha value is -5.50. The minimum absolute atomic E-state index is 0.259. The van der Waals surface area contributed by atoms with E-state index < -0.39 is 5.63 Å². The second-order valence-corrected chi connectivity index (χ2v) is 12.9. The first kappa shape index (κ1) is 33.0. The van der Waals surface area contributed by atoms with Crippen molar-refractivity contribution in [3.8, 4) is 11.5 Å². The normalized spacial score (nSPS) is 12.6. The van der Waals surface area contributed by atoms with Crippen molar-refractivity contribution in [1.82, 2.24) is 10.3 Å². The van der Waals surface area contributed by atoms with E-state index in [1.165, 1.54) is 6.42 Å². The Labute approximate surface area is 297 Å². The van der Waals surface area contributed by atoms with E-state index in [9.17, 15) is 14.4 Å². The lowest BCUT2D eigenvalue weighted by Gasteiger charge is -2.25. The van der Waals surface area contributed by atoms with E-state index in [0.717, 1.165) is 39.9 Å². The average molecular weight is 701 g/mol. The van der Waals surface area contributed by atoms with E-state index in [1.807, 2.05) is 78.9 Å². The first-order valence-corrected chi connectivity index (χ1v) is 17.1. The standard InChI is InChI=1S/C23H21ClN2O2.C18H10ClNO2/c24-19-12-5-13-20(21(19)23(28)25-14-15-6-3-7-15)26-22(27)18-11-4-9-16-8-1-2-10-17(16)18;19-14-9-4-10-15-16(14)18(21)22-17(20-15)13-8-3-6-11-5-1-2-7-12(11)13/h1-2,4-5,8-13,15H,3,6-7,14H2,(H,25,28)(H,26,27);1-10H. The molecule has 1 heterocycles. The lowest BCUT2D eigenvalue weighted by atomic mass is 9.85. The molecule has 1 aliphatic carbocycles. The Morgan fingerprint density at radius 2 is 1.36 bits per heavy atom. The first-order valence-electron chi connectivity index (χ1n) is 16.3. The Morgan fingerprint density at radius 3 is 2.12 bits per heavy atom. The summed E-state index contributed by atoms with van der Waals surface area (Å²) >= 11 is 12.4. The zero-order valence-corrected chi connectivity index (χ0v) is 28.3. The number of benzene rings is 6. The van der Waals surface area contributed by atoms with Crippen molar-refractivity contribution in [3.05, 3.63) is 153 Å². The smallest absolute Gasteiger partial charge is 0.348 e. The van der Waals surface area contributed by atoms with Crippen LogP contribution < -0.4 is 16.3 Å². The number of aromatic nitrogens is 1. The van der Waals surface area contributed by atoms with Gasteiger partial charge in [0.05, 0.1) is 26.8 Å². The van der Waals surface area contributed by atoms with Crippen LogP contribution >= 0.6 is 23.2 Å². The predicted molar refractivity (Wildman–Crippen MR) is 201 cm³/mol. The van der Waals surface area contributed by atoms with E-state index in [4.69, 9.17) is 27.6 Å². The molecular formula is C41H31Cl2N3O4. The second kappa shape index (κ2) is 14.5. The molecule has 1 aromatic heterocycles. The number of halogens is 2. The highest BCUT2D eigenvalue weighted by Gasteiger charge is 2.22. The number of nitrogens with zero attached hydrogens (tertiary/aromatic N) is 1. The lowest BCUT2D eigenvalue weighted by Crippen LogP contribution is -2.33. The molecule has 2 amide bonds. The van der Waals surface area contributed by atoms with Gasteiger partial charge in [-0.3, -0.25) is 9.59 Å². The number of carbonyl (C=O) groups is 2. The van der Waals surface area contributed by atoms with Gasteiger partial charge in [0.2, 0.25) is 5.89 Å². The number of hydrogen-bond donors (Lipinski definition) is 2. The van der Waals surface area contributed by atoms with Gasteiger partial charge < -0.3 is 15.1 Å². The summed E-state index contributed by atoms with van der Waals surface area (Å²) in [5, 5.41) is 10.7. The second-order valence-electron chi connectivity index (χ2n) is 12.1. The molecule has 0 saturated heterocycles. The fraction of sp³-hybridized carbons (Fsp3) is 0.122. The van der Waals surface area contributed by atoms with Gasteiger partial charge in [-0.25, -0.2) is 9.78 Å². The van der Waals surface area contributed by atoms with E-state index in [2.05, 4.69) is 15.6 Å². The summed E-state index contributed by atoms with van der Waals surface area (Å²) in [6.07, 6.45) is 3.51. The van der Waals surface area contributed by atoms with Crippen LogP contribution in [0, 0.1) is 5.92 Å². The van der Waals surface area contributed by atoms with Crippen molar-refractivity contribution in [2.24, 2.45) is 5.92 Å². The molecule has 7 aromatic rings. The largest absolute Gasteiger partial charge is 0.403 e. The van der Waals surface area contributed by atoms with Crippen LogP contribution in [0.25, 0.3) is 43.9 Å². The maximum atomic E-state index is 12.9. The summed E-state index contributed by atoms with van der Waals surface area (Å²) in [5.41, 5.74) is 2.12. The Kier molecular flexibility index (Phi) is 9.60. The summed E-state index contributed by atoms with van der Waals surface area (Å²) in [4.78, 5) is 42.4. The molecule has 0 bridgehead atoms. The zero-order chi connectivity index (χ0) is 34.6. The van der Waals surface area contributed by atoms with E-state index in [0.29, 0.717) is 56.1 Å². The highest BCUT2D eigenvalue weighted by Crippen LogP contribution is 2.30. The quantitative estimate of drug-likeness (QED) is 0.180. The van der Waals surface area contributed by atoms with Crippen LogP contribution in [0.3, 0.4) is 0 Å². The highest BCUT2D eigenvalue weighted by atomic mass is 35.5. The number of nitrogens with one attached hydrogen (secondary N) is 2.